The molecular weight excluding hydrogens is 346 g/mol. The summed E-state index contributed by atoms with van der Waals surface area (Å²) in [6.45, 7) is 3.96. The van der Waals surface area contributed by atoms with Crippen LogP contribution in [0.1, 0.15) is 28.1 Å². The van der Waals surface area contributed by atoms with E-state index in [9.17, 15) is 4.79 Å². The maximum Gasteiger partial charge on any atom is 0.257 e. The molecule has 4 rings (SSSR count). The van der Waals surface area contributed by atoms with Crippen molar-refractivity contribution in [3.8, 4) is 5.69 Å². The quantitative estimate of drug-likeness (QED) is 0.595. The molecule has 0 atom stereocenters. The molecule has 2 heterocycles. The Hall–Kier alpha value is -3.06. The van der Waals surface area contributed by atoms with Crippen molar-refractivity contribution in [2.75, 3.05) is 5.32 Å². The molecule has 0 fully saturated rings. The van der Waals surface area contributed by atoms with Gasteiger partial charge in [-0.15, -0.1) is 10.2 Å². The number of anilines is 1. The first-order chi connectivity index (χ1) is 12.7. The third kappa shape index (κ3) is 2.97. The molecule has 6 nitrogen and oxygen atoms in total. The van der Waals surface area contributed by atoms with E-state index in [0.29, 0.717) is 10.7 Å². The summed E-state index contributed by atoms with van der Waals surface area (Å²) in [7, 11) is 0. The molecule has 0 bridgehead atoms. The molecule has 0 radical (unpaired) electrons. The molecule has 0 saturated heterocycles. The van der Waals surface area contributed by atoms with E-state index in [1.54, 1.807) is 12.1 Å². The Bertz CT molecular complexity index is 1080. The number of imidazole rings is 1. The average Bonchev–Trinajstić information content (AvgIpc) is 3.24. The number of hydrogen-bond acceptors (Lipinski definition) is 5. The normalized spacial score (nSPS) is 11.0. The minimum Gasteiger partial charge on any atom is -0.297 e. The number of aryl methyl sites for hydroxylation is 2. The van der Waals surface area contributed by atoms with Crippen molar-refractivity contribution < 1.29 is 4.79 Å². The van der Waals surface area contributed by atoms with Gasteiger partial charge in [0.05, 0.1) is 11.0 Å². The van der Waals surface area contributed by atoms with Gasteiger partial charge in [-0.2, -0.15) is 0 Å². The molecule has 7 heteroatoms. The number of hydrogen-bond donors (Lipinski definition) is 1. The fraction of sp³-hybridized carbons (Fsp3) is 0.158. The second kappa shape index (κ2) is 6.68. The Morgan fingerprint density at radius 3 is 2.69 bits per heavy atom. The minimum atomic E-state index is -0.211. The number of para-hydroxylation sites is 1. The lowest BCUT2D eigenvalue weighted by Crippen LogP contribution is -2.11. The molecule has 2 aromatic heterocycles. The monoisotopic (exact) mass is 363 g/mol. The summed E-state index contributed by atoms with van der Waals surface area (Å²) < 4.78 is 2.08. The second-order valence-electron chi connectivity index (χ2n) is 5.84. The molecule has 0 unspecified atom stereocenters. The van der Waals surface area contributed by atoms with Crippen LogP contribution in [-0.2, 0) is 6.42 Å². The van der Waals surface area contributed by atoms with Crippen molar-refractivity contribution >= 4 is 33.4 Å². The topological polar surface area (TPSA) is 72.7 Å². The van der Waals surface area contributed by atoms with Gasteiger partial charge in [-0.1, -0.05) is 36.5 Å². The van der Waals surface area contributed by atoms with Gasteiger partial charge in [0, 0.05) is 11.3 Å². The Balaban J connectivity index is 1.67. The van der Waals surface area contributed by atoms with Crippen LogP contribution in [-0.4, -0.2) is 25.7 Å². The van der Waals surface area contributed by atoms with Crippen LogP contribution in [0, 0.1) is 6.92 Å². The summed E-state index contributed by atoms with van der Waals surface area (Å²) in [6.07, 6.45) is 0.801. The Labute approximate surface area is 154 Å². The fourth-order valence-electron chi connectivity index (χ4n) is 2.86. The molecule has 0 aliphatic rings. The third-order valence-electron chi connectivity index (χ3n) is 4.09. The number of fused-ring (bicyclic) bond motifs is 1. The number of carbonyl (C=O) groups excluding carboxylic acids is 1. The largest absolute Gasteiger partial charge is 0.297 e. The maximum atomic E-state index is 12.5. The Morgan fingerprint density at radius 1 is 1.15 bits per heavy atom. The molecule has 4 aromatic rings. The molecule has 2 aromatic carbocycles. The average molecular weight is 363 g/mol. The number of benzene rings is 2. The number of aromatic nitrogens is 4. The number of nitrogens with zero attached hydrogens (tertiary/aromatic N) is 4. The summed E-state index contributed by atoms with van der Waals surface area (Å²) in [5, 5.41) is 12.2. The molecular formula is C19H17N5OS. The van der Waals surface area contributed by atoms with Gasteiger partial charge in [0.15, 0.2) is 0 Å². The van der Waals surface area contributed by atoms with Crippen LogP contribution >= 0.6 is 11.3 Å². The van der Waals surface area contributed by atoms with Crippen LogP contribution in [0.5, 0.6) is 0 Å². The van der Waals surface area contributed by atoms with Crippen molar-refractivity contribution in [2.45, 2.75) is 20.3 Å². The number of nitrogens with one attached hydrogen (secondary N) is 1. The predicted molar refractivity (Wildman–Crippen MR) is 103 cm³/mol. The van der Waals surface area contributed by atoms with E-state index in [1.165, 1.54) is 11.3 Å². The SMILES string of the molecule is CCc1nnc(NC(=O)c2ccc3c(c2)nc(C)n3-c2ccccc2)s1. The summed E-state index contributed by atoms with van der Waals surface area (Å²) in [5.74, 6) is 0.665. The molecule has 26 heavy (non-hydrogen) atoms. The molecule has 0 aliphatic carbocycles. The van der Waals surface area contributed by atoms with E-state index in [4.69, 9.17) is 0 Å². The lowest BCUT2D eigenvalue weighted by atomic mass is 10.2. The summed E-state index contributed by atoms with van der Waals surface area (Å²) >= 11 is 1.39. The van der Waals surface area contributed by atoms with Gasteiger partial charge in [0.25, 0.3) is 5.91 Å². The first kappa shape index (κ1) is 16.4. The highest BCUT2D eigenvalue weighted by molar-refractivity contribution is 7.15. The molecule has 1 amide bonds. The summed E-state index contributed by atoms with van der Waals surface area (Å²) in [5.41, 5.74) is 3.34. The van der Waals surface area contributed by atoms with Crippen molar-refractivity contribution in [2.24, 2.45) is 0 Å². The van der Waals surface area contributed by atoms with Crippen LogP contribution in [0.2, 0.25) is 0 Å². The van der Waals surface area contributed by atoms with Gasteiger partial charge in [0.1, 0.15) is 10.8 Å². The molecule has 0 spiro atoms. The summed E-state index contributed by atoms with van der Waals surface area (Å²) in [6, 6.07) is 15.6. The zero-order chi connectivity index (χ0) is 18.1. The smallest absolute Gasteiger partial charge is 0.257 e. The molecule has 0 aliphatic heterocycles. The van der Waals surface area contributed by atoms with Gasteiger partial charge >= 0.3 is 0 Å². The van der Waals surface area contributed by atoms with Crippen LogP contribution in [0.3, 0.4) is 0 Å². The standard InChI is InChI=1S/C19H17N5OS/c1-3-17-22-23-19(26-17)21-18(25)13-9-10-16-15(11-13)20-12(2)24(16)14-7-5-4-6-8-14/h4-11H,3H2,1-2H3,(H,21,23,25). The first-order valence-electron chi connectivity index (χ1n) is 8.34. The van der Waals surface area contributed by atoms with Gasteiger partial charge in [-0.25, -0.2) is 4.98 Å². The fourth-order valence-corrected chi connectivity index (χ4v) is 3.54. The van der Waals surface area contributed by atoms with Crippen LogP contribution in [0.4, 0.5) is 5.13 Å². The zero-order valence-corrected chi connectivity index (χ0v) is 15.2. The van der Waals surface area contributed by atoms with Crippen LogP contribution in [0.15, 0.2) is 48.5 Å². The van der Waals surface area contributed by atoms with Gasteiger partial charge in [0.2, 0.25) is 5.13 Å². The number of carbonyl (C=O) groups is 1. The zero-order valence-electron chi connectivity index (χ0n) is 14.4. The van der Waals surface area contributed by atoms with E-state index in [0.717, 1.165) is 34.0 Å². The van der Waals surface area contributed by atoms with Gasteiger partial charge in [-0.3, -0.25) is 14.7 Å². The van der Waals surface area contributed by atoms with E-state index in [2.05, 4.69) is 25.1 Å². The van der Waals surface area contributed by atoms with Gasteiger partial charge < -0.3 is 0 Å². The van der Waals surface area contributed by atoms with E-state index >= 15 is 0 Å². The van der Waals surface area contributed by atoms with Crippen molar-refractivity contribution in [1.29, 1.82) is 0 Å². The lowest BCUT2D eigenvalue weighted by Gasteiger charge is -2.07. The highest BCUT2D eigenvalue weighted by Gasteiger charge is 2.14. The third-order valence-corrected chi connectivity index (χ3v) is 5.07. The highest BCUT2D eigenvalue weighted by Crippen LogP contribution is 2.23. The minimum absolute atomic E-state index is 0.211. The molecule has 130 valence electrons. The second-order valence-corrected chi connectivity index (χ2v) is 6.90. The van der Waals surface area contributed by atoms with Crippen molar-refractivity contribution in [3.05, 3.63) is 64.9 Å². The maximum absolute atomic E-state index is 12.5. The first-order valence-corrected chi connectivity index (χ1v) is 9.15. The van der Waals surface area contributed by atoms with Crippen LogP contribution in [0.25, 0.3) is 16.7 Å². The lowest BCUT2D eigenvalue weighted by molar-refractivity contribution is 0.102. The molecule has 1 N–H and O–H groups in total. The van der Waals surface area contributed by atoms with E-state index in [1.807, 2.05) is 50.2 Å². The van der Waals surface area contributed by atoms with Gasteiger partial charge in [-0.05, 0) is 43.7 Å². The highest BCUT2D eigenvalue weighted by atomic mass is 32.1. The van der Waals surface area contributed by atoms with Crippen molar-refractivity contribution in [3.63, 3.8) is 0 Å². The van der Waals surface area contributed by atoms with E-state index in [-0.39, 0.29) is 5.91 Å². The van der Waals surface area contributed by atoms with E-state index < -0.39 is 0 Å². The van der Waals surface area contributed by atoms with Crippen LogP contribution < -0.4 is 5.32 Å². The summed E-state index contributed by atoms with van der Waals surface area (Å²) in [4.78, 5) is 17.1. The number of amides is 1. The van der Waals surface area contributed by atoms with Crippen molar-refractivity contribution in [1.82, 2.24) is 19.7 Å². The Morgan fingerprint density at radius 2 is 1.96 bits per heavy atom. The predicted octanol–water partition coefficient (Wildman–Crippen LogP) is 4.00. The Kier molecular flexibility index (Phi) is 4.22. The number of rotatable bonds is 4. The molecule has 0 saturated carbocycles.